The molecule has 1 fully saturated rings. The summed E-state index contributed by atoms with van der Waals surface area (Å²) in [5.41, 5.74) is 2.33. The van der Waals surface area contributed by atoms with Gasteiger partial charge in [0.2, 0.25) is 5.91 Å². The monoisotopic (exact) mass is 293 g/mol. The molecule has 0 bridgehead atoms. The Hall–Kier alpha value is -1.49. The summed E-state index contributed by atoms with van der Waals surface area (Å²) in [4.78, 5) is 22.3. The number of nitrogens with one attached hydrogen (secondary N) is 1. The van der Waals surface area contributed by atoms with Crippen molar-refractivity contribution >= 4 is 23.6 Å². The zero-order valence-corrected chi connectivity index (χ0v) is 12.3. The predicted molar refractivity (Wildman–Crippen MR) is 79.7 cm³/mol. The van der Waals surface area contributed by atoms with Crippen LogP contribution in [-0.4, -0.2) is 28.5 Å². The minimum atomic E-state index is -0.889. The first kappa shape index (κ1) is 14.9. The molecule has 0 heterocycles. The highest BCUT2D eigenvalue weighted by molar-refractivity contribution is 8.00. The molecule has 4 nitrogen and oxygen atoms in total. The Morgan fingerprint density at radius 1 is 1.30 bits per heavy atom. The topological polar surface area (TPSA) is 66.4 Å². The number of carbonyl (C=O) groups excluding carboxylic acids is 1. The van der Waals surface area contributed by atoms with E-state index < -0.39 is 5.97 Å². The Bertz CT molecular complexity index is 482. The molecule has 1 unspecified atom stereocenters. The van der Waals surface area contributed by atoms with Gasteiger partial charge in [-0.25, -0.2) is 0 Å². The fraction of sp³-hybridized carbons (Fsp3) is 0.467. The molecule has 2 rings (SSSR count). The van der Waals surface area contributed by atoms with Crippen LogP contribution in [0.3, 0.4) is 0 Å². The van der Waals surface area contributed by atoms with Gasteiger partial charge in [0.25, 0.3) is 0 Å². The Labute approximate surface area is 123 Å². The SMILES string of the molecule is Cc1ccc(C(NC(=O)CSCC(=O)O)C2CC2)cc1. The molecular formula is C15H19NO3S. The minimum Gasteiger partial charge on any atom is -0.481 e. The number of carboxylic acid groups (broad SMARTS) is 1. The molecule has 108 valence electrons. The molecule has 1 atom stereocenters. The number of thioether (sulfide) groups is 1. The molecule has 1 amide bonds. The summed E-state index contributed by atoms with van der Waals surface area (Å²) in [6, 6.07) is 8.28. The number of rotatable bonds is 7. The normalized spacial score (nSPS) is 15.7. The second-order valence-electron chi connectivity index (χ2n) is 5.18. The van der Waals surface area contributed by atoms with E-state index in [2.05, 4.69) is 29.6 Å². The minimum absolute atomic E-state index is 0.0357. The van der Waals surface area contributed by atoms with E-state index in [1.54, 1.807) is 0 Å². The summed E-state index contributed by atoms with van der Waals surface area (Å²) in [5, 5.41) is 11.6. The second kappa shape index (κ2) is 6.79. The van der Waals surface area contributed by atoms with Crippen molar-refractivity contribution in [2.24, 2.45) is 5.92 Å². The maximum atomic E-state index is 11.9. The number of hydrogen-bond donors (Lipinski definition) is 2. The van der Waals surface area contributed by atoms with E-state index in [0.29, 0.717) is 5.92 Å². The lowest BCUT2D eigenvalue weighted by Gasteiger charge is -2.19. The van der Waals surface area contributed by atoms with Crippen molar-refractivity contribution in [3.63, 3.8) is 0 Å². The number of carboxylic acids is 1. The van der Waals surface area contributed by atoms with Crippen LogP contribution in [0.1, 0.15) is 30.0 Å². The van der Waals surface area contributed by atoms with Crippen LogP contribution in [-0.2, 0) is 9.59 Å². The largest absolute Gasteiger partial charge is 0.481 e. The lowest BCUT2D eigenvalue weighted by atomic mass is 10.0. The summed E-state index contributed by atoms with van der Waals surface area (Å²) in [5.74, 6) is -0.298. The molecule has 5 heteroatoms. The molecule has 1 aromatic carbocycles. The molecule has 0 spiro atoms. The third-order valence-electron chi connectivity index (χ3n) is 3.31. The zero-order chi connectivity index (χ0) is 14.5. The van der Waals surface area contributed by atoms with Gasteiger partial charge in [0.15, 0.2) is 0 Å². The third kappa shape index (κ3) is 4.56. The molecule has 0 saturated heterocycles. The van der Waals surface area contributed by atoms with E-state index in [-0.39, 0.29) is 23.5 Å². The highest BCUT2D eigenvalue weighted by Crippen LogP contribution is 2.41. The molecule has 1 aromatic rings. The molecule has 0 radical (unpaired) electrons. The van der Waals surface area contributed by atoms with Gasteiger partial charge < -0.3 is 10.4 Å². The maximum Gasteiger partial charge on any atom is 0.313 e. The van der Waals surface area contributed by atoms with Gasteiger partial charge in [-0.3, -0.25) is 9.59 Å². The van der Waals surface area contributed by atoms with Crippen LogP contribution >= 0.6 is 11.8 Å². The van der Waals surface area contributed by atoms with Crippen molar-refractivity contribution in [1.29, 1.82) is 0 Å². The fourth-order valence-electron chi connectivity index (χ4n) is 2.12. The number of benzene rings is 1. The van der Waals surface area contributed by atoms with Crippen LogP contribution in [0.4, 0.5) is 0 Å². The van der Waals surface area contributed by atoms with Crippen molar-refractivity contribution in [2.45, 2.75) is 25.8 Å². The molecule has 2 N–H and O–H groups in total. The van der Waals surface area contributed by atoms with Crippen LogP contribution < -0.4 is 5.32 Å². The van der Waals surface area contributed by atoms with Gasteiger partial charge in [-0.2, -0.15) is 0 Å². The van der Waals surface area contributed by atoms with E-state index in [1.165, 1.54) is 5.56 Å². The lowest BCUT2D eigenvalue weighted by molar-refractivity contribution is -0.133. The molecular weight excluding hydrogens is 274 g/mol. The predicted octanol–water partition coefficient (Wildman–Crippen LogP) is 2.38. The third-order valence-corrected chi connectivity index (χ3v) is 4.22. The van der Waals surface area contributed by atoms with Gasteiger partial charge in [-0.1, -0.05) is 29.8 Å². The number of hydrogen-bond acceptors (Lipinski definition) is 3. The van der Waals surface area contributed by atoms with Crippen LogP contribution in [0.15, 0.2) is 24.3 Å². The smallest absolute Gasteiger partial charge is 0.313 e. The average molecular weight is 293 g/mol. The van der Waals surface area contributed by atoms with Gasteiger partial charge in [0.1, 0.15) is 0 Å². The molecule has 20 heavy (non-hydrogen) atoms. The average Bonchev–Trinajstić information content (AvgIpc) is 3.21. The summed E-state index contributed by atoms with van der Waals surface area (Å²) < 4.78 is 0. The highest BCUT2D eigenvalue weighted by atomic mass is 32.2. The summed E-state index contributed by atoms with van der Waals surface area (Å²) in [7, 11) is 0. The number of aryl methyl sites for hydroxylation is 1. The quantitative estimate of drug-likeness (QED) is 0.810. The van der Waals surface area contributed by atoms with Gasteiger partial charge in [0, 0.05) is 0 Å². The second-order valence-corrected chi connectivity index (χ2v) is 6.17. The van der Waals surface area contributed by atoms with E-state index in [0.717, 1.165) is 30.2 Å². The standard InChI is InChI=1S/C15H19NO3S/c1-10-2-4-11(5-3-10)15(12-6-7-12)16-13(17)8-20-9-14(18)19/h2-5,12,15H,6-9H2,1H3,(H,16,17)(H,18,19). The van der Waals surface area contributed by atoms with Gasteiger partial charge in [0.05, 0.1) is 17.5 Å². The van der Waals surface area contributed by atoms with Crippen molar-refractivity contribution in [3.8, 4) is 0 Å². The van der Waals surface area contributed by atoms with Gasteiger partial charge in [-0.05, 0) is 31.2 Å². The number of aliphatic carboxylic acids is 1. The molecule has 1 aliphatic carbocycles. The number of amides is 1. The van der Waals surface area contributed by atoms with Gasteiger partial charge >= 0.3 is 5.97 Å². The van der Waals surface area contributed by atoms with Crippen LogP contribution in [0.5, 0.6) is 0 Å². The van der Waals surface area contributed by atoms with Crippen molar-refractivity contribution in [1.82, 2.24) is 5.32 Å². The van der Waals surface area contributed by atoms with E-state index >= 15 is 0 Å². The van der Waals surface area contributed by atoms with Crippen molar-refractivity contribution in [2.75, 3.05) is 11.5 Å². The van der Waals surface area contributed by atoms with Gasteiger partial charge in [-0.15, -0.1) is 11.8 Å². The molecule has 1 aliphatic rings. The first-order valence-electron chi connectivity index (χ1n) is 6.71. The summed E-state index contributed by atoms with van der Waals surface area (Å²) in [6.07, 6.45) is 2.28. The zero-order valence-electron chi connectivity index (χ0n) is 11.5. The van der Waals surface area contributed by atoms with E-state index in [4.69, 9.17) is 5.11 Å². The van der Waals surface area contributed by atoms with E-state index in [1.807, 2.05) is 6.92 Å². The number of carbonyl (C=O) groups is 2. The molecule has 0 aromatic heterocycles. The van der Waals surface area contributed by atoms with Crippen LogP contribution in [0.25, 0.3) is 0 Å². The Kier molecular flexibility index (Phi) is 5.06. The van der Waals surface area contributed by atoms with Crippen LogP contribution in [0.2, 0.25) is 0 Å². The maximum absolute atomic E-state index is 11.9. The molecule has 1 saturated carbocycles. The molecule has 0 aliphatic heterocycles. The van der Waals surface area contributed by atoms with Crippen LogP contribution in [0, 0.1) is 12.8 Å². The summed E-state index contributed by atoms with van der Waals surface area (Å²) in [6.45, 7) is 2.04. The Balaban J connectivity index is 1.91. The van der Waals surface area contributed by atoms with E-state index in [9.17, 15) is 9.59 Å². The first-order chi connectivity index (χ1) is 9.56. The van der Waals surface area contributed by atoms with Crippen molar-refractivity contribution < 1.29 is 14.7 Å². The Morgan fingerprint density at radius 3 is 2.50 bits per heavy atom. The Morgan fingerprint density at radius 2 is 1.95 bits per heavy atom. The first-order valence-corrected chi connectivity index (χ1v) is 7.87. The van der Waals surface area contributed by atoms with Crippen molar-refractivity contribution in [3.05, 3.63) is 35.4 Å². The lowest BCUT2D eigenvalue weighted by Crippen LogP contribution is -2.31. The summed E-state index contributed by atoms with van der Waals surface area (Å²) >= 11 is 1.13. The fourth-order valence-corrected chi connectivity index (χ4v) is 2.67. The highest BCUT2D eigenvalue weighted by Gasteiger charge is 2.33.